The van der Waals surface area contributed by atoms with Crippen LogP contribution in [0.4, 0.5) is 0 Å². The van der Waals surface area contributed by atoms with Crippen molar-refractivity contribution in [1.29, 1.82) is 0 Å². The van der Waals surface area contributed by atoms with Gasteiger partial charge in [-0.3, -0.25) is 0 Å². The lowest BCUT2D eigenvalue weighted by molar-refractivity contribution is 0.676. The molecule has 1 heteroatoms. The van der Waals surface area contributed by atoms with Crippen molar-refractivity contribution >= 4 is 0 Å². The van der Waals surface area contributed by atoms with Crippen LogP contribution in [-0.4, -0.2) is 13.1 Å². The predicted octanol–water partition coefficient (Wildman–Crippen LogP) is 0.388. The summed E-state index contributed by atoms with van der Waals surface area (Å²) >= 11 is 0. The molecule has 0 bridgehead atoms. The highest BCUT2D eigenvalue weighted by atomic mass is 14.9. The largest absolute Gasteiger partial charge is 0.316 e. The van der Waals surface area contributed by atoms with Crippen LogP contribution in [0.1, 0.15) is 6.42 Å². The maximum Gasteiger partial charge on any atom is 0.00141 e. The Hall–Kier alpha value is -0.0400. The summed E-state index contributed by atoms with van der Waals surface area (Å²) < 4.78 is 0. The molecule has 2 rings (SSSR count). The quantitative estimate of drug-likeness (QED) is 0.459. The zero-order valence-electron chi connectivity index (χ0n) is 4.28. The Bertz CT molecular complexity index is 76.2. The minimum absolute atomic E-state index is 0.583. The third kappa shape index (κ3) is 0.480. The third-order valence-electron chi connectivity index (χ3n) is 1.84. The molecular weight excluding hydrogens is 86.1 g/mol. The van der Waals surface area contributed by atoms with Crippen molar-refractivity contribution in [3.05, 3.63) is 12.8 Å². The highest BCUT2D eigenvalue weighted by molar-refractivity contribution is 5.22. The van der Waals surface area contributed by atoms with Crippen molar-refractivity contribution in [2.45, 2.75) is 6.42 Å². The van der Waals surface area contributed by atoms with Crippen LogP contribution >= 0.6 is 0 Å². The van der Waals surface area contributed by atoms with Crippen molar-refractivity contribution in [2.75, 3.05) is 13.1 Å². The monoisotopic (exact) mass is 95.1 g/mol. The van der Waals surface area contributed by atoms with Crippen molar-refractivity contribution in [3.63, 3.8) is 0 Å². The summed E-state index contributed by atoms with van der Waals surface area (Å²) in [6, 6.07) is 0. The van der Waals surface area contributed by atoms with E-state index in [4.69, 9.17) is 0 Å². The maximum absolute atomic E-state index is 3.29. The maximum atomic E-state index is 3.29. The zero-order valence-corrected chi connectivity index (χ0v) is 4.28. The highest BCUT2D eigenvalue weighted by Crippen LogP contribution is 2.47. The molecule has 7 heavy (non-hydrogen) atoms. The van der Waals surface area contributed by atoms with E-state index >= 15 is 0 Å². The Labute approximate surface area is 44.1 Å². The van der Waals surface area contributed by atoms with Gasteiger partial charge in [0.1, 0.15) is 0 Å². The van der Waals surface area contributed by atoms with Crippen LogP contribution in [0, 0.1) is 18.3 Å². The first-order valence-corrected chi connectivity index (χ1v) is 2.81. The number of hydrogen-bond donors (Lipinski definition) is 1. The van der Waals surface area contributed by atoms with Gasteiger partial charge in [-0.15, -0.1) is 0 Å². The van der Waals surface area contributed by atoms with Gasteiger partial charge in [0.15, 0.2) is 0 Å². The molecule has 0 aromatic carbocycles. The van der Waals surface area contributed by atoms with E-state index < -0.39 is 0 Å². The molecule has 1 aliphatic heterocycles. The molecule has 2 aliphatic rings. The lowest BCUT2D eigenvalue weighted by atomic mass is 10.1. The van der Waals surface area contributed by atoms with Crippen molar-refractivity contribution in [3.8, 4) is 0 Å². The van der Waals surface area contributed by atoms with Crippen LogP contribution in [0.3, 0.4) is 0 Å². The van der Waals surface area contributed by atoms with Crippen LogP contribution < -0.4 is 5.32 Å². The topological polar surface area (TPSA) is 12.0 Å². The Morgan fingerprint density at radius 1 is 1.43 bits per heavy atom. The minimum atomic E-state index is 0.583. The van der Waals surface area contributed by atoms with Gasteiger partial charge in [-0.25, -0.2) is 0 Å². The molecule has 1 nitrogen and oxygen atoms in total. The van der Waals surface area contributed by atoms with Crippen LogP contribution in [0.15, 0.2) is 0 Å². The van der Waals surface area contributed by atoms with Crippen LogP contribution in [-0.2, 0) is 0 Å². The number of rotatable bonds is 0. The molecule has 2 fully saturated rings. The van der Waals surface area contributed by atoms with Crippen molar-refractivity contribution in [2.24, 2.45) is 5.41 Å². The standard InChI is InChI=1S/C6H9N/c1-2-6(1)3-4-7-5-6/h1,3,7H,2,4-5H2. The van der Waals surface area contributed by atoms with Crippen LogP contribution in [0.5, 0.6) is 0 Å². The normalized spacial score (nSPS) is 34.3. The van der Waals surface area contributed by atoms with Gasteiger partial charge < -0.3 is 5.32 Å². The van der Waals surface area contributed by atoms with E-state index in [0.29, 0.717) is 5.41 Å². The van der Waals surface area contributed by atoms with Gasteiger partial charge in [-0.1, -0.05) is 0 Å². The molecule has 1 atom stereocenters. The van der Waals surface area contributed by atoms with Gasteiger partial charge in [-0.2, -0.15) is 0 Å². The molecule has 38 valence electrons. The second-order valence-corrected chi connectivity index (χ2v) is 2.48. The predicted molar refractivity (Wildman–Crippen MR) is 28.5 cm³/mol. The highest BCUT2D eigenvalue weighted by Gasteiger charge is 2.44. The van der Waals surface area contributed by atoms with E-state index in [9.17, 15) is 0 Å². The molecule has 1 saturated heterocycles. The first kappa shape index (κ1) is 3.90. The van der Waals surface area contributed by atoms with E-state index in [0.717, 1.165) is 6.54 Å². The summed E-state index contributed by atoms with van der Waals surface area (Å²) in [6.45, 7) is 2.32. The summed E-state index contributed by atoms with van der Waals surface area (Å²) in [4.78, 5) is 0. The molecule has 1 spiro atoms. The van der Waals surface area contributed by atoms with Crippen LogP contribution in [0.25, 0.3) is 0 Å². The molecule has 0 aromatic heterocycles. The van der Waals surface area contributed by atoms with Gasteiger partial charge in [0, 0.05) is 6.54 Å². The molecule has 0 amide bonds. The smallest absolute Gasteiger partial charge is 0.00141 e. The summed E-state index contributed by atoms with van der Waals surface area (Å²) in [5, 5.41) is 3.29. The van der Waals surface area contributed by atoms with E-state index in [1.807, 2.05) is 0 Å². The molecule has 2 radical (unpaired) electrons. The van der Waals surface area contributed by atoms with E-state index in [-0.39, 0.29) is 0 Å². The van der Waals surface area contributed by atoms with E-state index in [1.165, 1.54) is 13.0 Å². The first-order valence-electron chi connectivity index (χ1n) is 2.81. The Balaban J connectivity index is 2.07. The fourth-order valence-electron chi connectivity index (χ4n) is 1.09. The molecule has 1 aliphatic carbocycles. The summed E-state index contributed by atoms with van der Waals surface area (Å²) in [7, 11) is 0. The van der Waals surface area contributed by atoms with Gasteiger partial charge in [0.05, 0.1) is 0 Å². The van der Waals surface area contributed by atoms with Crippen molar-refractivity contribution in [1.82, 2.24) is 5.32 Å². The number of nitrogens with one attached hydrogen (secondary N) is 1. The van der Waals surface area contributed by atoms with Gasteiger partial charge in [0.25, 0.3) is 0 Å². The van der Waals surface area contributed by atoms with E-state index in [1.54, 1.807) is 0 Å². The minimum Gasteiger partial charge on any atom is -0.316 e. The fraction of sp³-hybridized carbons (Fsp3) is 0.667. The van der Waals surface area contributed by atoms with Crippen molar-refractivity contribution < 1.29 is 0 Å². The average molecular weight is 95.1 g/mol. The Kier molecular flexibility index (Phi) is 0.571. The van der Waals surface area contributed by atoms with Gasteiger partial charge in [-0.05, 0) is 31.2 Å². The van der Waals surface area contributed by atoms with Gasteiger partial charge >= 0.3 is 0 Å². The molecule has 1 unspecified atom stereocenters. The zero-order chi connectivity index (χ0) is 4.74. The summed E-state index contributed by atoms with van der Waals surface area (Å²) in [6.07, 6.45) is 6.06. The Morgan fingerprint density at radius 2 is 2.29 bits per heavy atom. The number of hydrogen-bond acceptors (Lipinski definition) is 1. The fourth-order valence-corrected chi connectivity index (χ4v) is 1.09. The SMILES string of the molecule is [CH]1CNCC12[CH]C2. The van der Waals surface area contributed by atoms with Crippen LogP contribution in [0.2, 0.25) is 0 Å². The molecular formula is C6H9N. The Morgan fingerprint density at radius 3 is 2.57 bits per heavy atom. The molecule has 1 saturated carbocycles. The second-order valence-electron chi connectivity index (χ2n) is 2.48. The lowest BCUT2D eigenvalue weighted by Gasteiger charge is -1.96. The summed E-state index contributed by atoms with van der Waals surface area (Å²) in [5.74, 6) is 0. The molecule has 1 heterocycles. The molecule has 0 aromatic rings. The molecule has 1 N–H and O–H groups in total. The average Bonchev–Trinajstić information content (AvgIpc) is 2.15. The lowest BCUT2D eigenvalue weighted by Crippen LogP contribution is -2.08. The first-order chi connectivity index (χ1) is 3.41. The summed E-state index contributed by atoms with van der Waals surface area (Å²) in [5.41, 5.74) is 0.583. The van der Waals surface area contributed by atoms with Gasteiger partial charge in [0.2, 0.25) is 0 Å². The van der Waals surface area contributed by atoms with E-state index in [2.05, 4.69) is 18.2 Å². The second kappa shape index (κ2) is 1.03. The third-order valence-corrected chi connectivity index (χ3v) is 1.84.